The molecule has 1 heterocycles. The number of nitrogens with zero attached hydrogens (tertiary/aromatic N) is 1. The number of pyridine rings is 1. The number of fused-ring (bicyclic) bond motifs is 1. The fraction of sp³-hybridized carbons (Fsp3) is 0.118. The van der Waals surface area contributed by atoms with Crippen molar-refractivity contribution in [2.45, 2.75) is 13.8 Å². The summed E-state index contributed by atoms with van der Waals surface area (Å²) in [6.45, 7) is 4.03. The van der Waals surface area contributed by atoms with Crippen LogP contribution in [0.2, 0.25) is 10.0 Å². The van der Waals surface area contributed by atoms with Crippen LogP contribution in [0.4, 0.5) is 0 Å². The van der Waals surface area contributed by atoms with E-state index in [4.69, 9.17) is 23.2 Å². The maximum atomic E-state index is 10.3. The minimum Gasteiger partial charge on any atom is -0.506 e. The highest BCUT2D eigenvalue weighted by Gasteiger charge is 2.12. The van der Waals surface area contributed by atoms with Gasteiger partial charge in [-0.25, -0.2) is 4.98 Å². The highest BCUT2D eigenvalue weighted by atomic mass is 35.5. The summed E-state index contributed by atoms with van der Waals surface area (Å²) in [6, 6.07) is 11.1. The smallest absolute Gasteiger partial charge is 0.142 e. The number of rotatable bonds is 1. The molecule has 3 aromatic rings. The second-order valence-corrected chi connectivity index (χ2v) is 6.03. The summed E-state index contributed by atoms with van der Waals surface area (Å²) in [4.78, 5) is 4.53. The van der Waals surface area contributed by atoms with Crippen LogP contribution in [-0.2, 0) is 0 Å². The molecule has 1 aromatic heterocycles. The first-order valence-corrected chi connectivity index (χ1v) is 7.27. The van der Waals surface area contributed by atoms with Crippen molar-refractivity contribution in [2.75, 3.05) is 0 Å². The molecule has 0 atom stereocenters. The number of hydrogen-bond acceptors (Lipinski definition) is 2. The van der Waals surface area contributed by atoms with Gasteiger partial charge < -0.3 is 5.11 Å². The summed E-state index contributed by atoms with van der Waals surface area (Å²) in [7, 11) is 0. The van der Waals surface area contributed by atoms with Gasteiger partial charge in [-0.05, 0) is 44.2 Å². The Hall–Kier alpha value is -1.77. The Morgan fingerprint density at radius 2 is 1.57 bits per heavy atom. The summed E-state index contributed by atoms with van der Waals surface area (Å²) in [5.74, 6) is 0.108. The largest absolute Gasteiger partial charge is 0.506 e. The molecule has 0 amide bonds. The average molecular weight is 318 g/mol. The molecule has 0 spiro atoms. The Kier molecular flexibility index (Phi) is 3.52. The molecule has 0 radical (unpaired) electrons. The van der Waals surface area contributed by atoms with Crippen molar-refractivity contribution < 1.29 is 5.11 Å². The van der Waals surface area contributed by atoms with Gasteiger partial charge in [0, 0.05) is 16.0 Å². The van der Waals surface area contributed by atoms with Gasteiger partial charge in [0.05, 0.1) is 10.5 Å². The van der Waals surface area contributed by atoms with E-state index < -0.39 is 0 Å². The molecular weight excluding hydrogens is 305 g/mol. The van der Waals surface area contributed by atoms with Crippen molar-refractivity contribution in [1.29, 1.82) is 0 Å². The number of halogens is 2. The molecular formula is C17H13Cl2NO. The molecule has 0 aliphatic carbocycles. The molecule has 0 bridgehead atoms. The van der Waals surface area contributed by atoms with Crippen LogP contribution in [0.25, 0.3) is 22.2 Å². The van der Waals surface area contributed by atoms with Gasteiger partial charge in [-0.15, -0.1) is 0 Å². The molecule has 4 heteroatoms. The van der Waals surface area contributed by atoms with Crippen LogP contribution in [-0.4, -0.2) is 10.1 Å². The summed E-state index contributed by atoms with van der Waals surface area (Å²) < 4.78 is 0. The molecule has 0 aliphatic heterocycles. The lowest BCUT2D eigenvalue weighted by molar-refractivity contribution is 0.476. The second kappa shape index (κ2) is 5.21. The molecule has 0 fully saturated rings. The molecule has 2 aromatic carbocycles. The average Bonchev–Trinajstić information content (AvgIpc) is 2.38. The second-order valence-electron chi connectivity index (χ2n) is 5.19. The van der Waals surface area contributed by atoms with E-state index in [1.54, 1.807) is 18.2 Å². The lowest BCUT2D eigenvalue weighted by Crippen LogP contribution is -1.89. The van der Waals surface area contributed by atoms with Gasteiger partial charge in [0.1, 0.15) is 11.4 Å². The van der Waals surface area contributed by atoms with E-state index in [0.29, 0.717) is 26.6 Å². The van der Waals surface area contributed by atoms with Gasteiger partial charge >= 0.3 is 0 Å². The summed E-state index contributed by atoms with van der Waals surface area (Å²) in [6.07, 6.45) is 0. The Morgan fingerprint density at radius 3 is 2.24 bits per heavy atom. The van der Waals surface area contributed by atoms with E-state index in [1.807, 2.05) is 26.0 Å². The quantitative estimate of drug-likeness (QED) is 0.640. The maximum absolute atomic E-state index is 10.3. The summed E-state index contributed by atoms with van der Waals surface area (Å²) in [5, 5.41) is 12.0. The minimum atomic E-state index is 0.108. The zero-order valence-electron chi connectivity index (χ0n) is 11.6. The van der Waals surface area contributed by atoms with E-state index in [-0.39, 0.29) is 5.75 Å². The van der Waals surface area contributed by atoms with Crippen LogP contribution in [0.1, 0.15) is 11.1 Å². The van der Waals surface area contributed by atoms with Gasteiger partial charge in [0.2, 0.25) is 0 Å². The van der Waals surface area contributed by atoms with Crippen LogP contribution >= 0.6 is 23.2 Å². The van der Waals surface area contributed by atoms with Gasteiger partial charge in [-0.1, -0.05) is 40.4 Å². The maximum Gasteiger partial charge on any atom is 0.142 e. The van der Waals surface area contributed by atoms with Crippen molar-refractivity contribution in [2.24, 2.45) is 0 Å². The van der Waals surface area contributed by atoms with Gasteiger partial charge in [-0.2, -0.15) is 0 Å². The van der Waals surface area contributed by atoms with Crippen molar-refractivity contribution >= 4 is 34.1 Å². The lowest BCUT2D eigenvalue weighted by atomic mass is 10.0. The Bertz CT molecular complexity index is 839. The normalized spacial score (nSPS) is 11.0. The number of aryl methyl sites for hydroxylation is 2. The van der Waals surface area contributed by atoms with Crippen LogP contribution in [0.5, 0.6) is 5.75 Å². The summed E-state index contributed by atoms with van der Waals surface area (Å²) >= 11 is 12.2. The molecule has 0 unspecified atom stereocenters. The fourth-order valence-electron chi connectivity index (χ4n) is 2.51. The fourth-order valence-corrected chi connectivity index (χ4v) is 3.05. The third-order valence-electron chi connectivity index (χ3n) is 3.32. The van der Waals surface area contributed by atoms with Crippen LogP contribution in [0.15, 0.2) is 36.4 Å². The molecule has 1 N–H and O–H groups in total. The van der Waals surface area contributed by atoms with E-state index in [2.05, 4.69) is 11.1 Å². The van der Waals surface area contributed by atoms with Crippen molar-refractivity contribution in [1.82, 2.24) is 4.98 Å². The predicted molar refractivity (Wildman–Crippen MR) is 88.3 cm³/mol. The third-order valence-corrected chi connectivity index (χ3v) is 3.85. The first-order chi connectivity index (χ1) is 9.94. The zero-order chi connectivity index (χ0) is 15.1. The Morgan fingerprint density at radius 1 is 0.905 bits per heavy atom. The molecule has 0 saturated heterocycles. The zero-order valence-corrected chi connectivity index (χ0v) is 13.1. The molecule has 21 heavy (non-hydrogen) atoms. The molecule has 2 nitrogen and oxygen atoms in total. The molecule has 0 aliphatic rings. The Labute approximate surface area is 133 Å². The predicted octanol–water partition coefficient (Wildman–Crippen LogP) is 5.53. The van der Waals surface area contributed by atoms with Gasteiger partial charge in [0.15, 0.2) is 0 Å². The van der Waals surface area contributed by atoms with Crippen LogP contribution in [0, 0.1) is 13.8 Å². The van der Waals surface area contributed by atoms with Crippen LogP contribution < -0.4 is 0 Å². The Balaban J connectivity index is 2.30. The third kappa shape index (κ3) is 2.69. The van der Waals surface area contributed by atoms with Crippen LogP contribution in [0.3, 0.4) is 0 Å². The number of aromatic nitrogens is 1. The van der Waals surface area contributed by atoms with E-state index in [9.17, 15) is 5.11 Å². The summed E-state index contributed by atoms with van der Waals surface area (Å²) in [5.41, 5.74) is 4.32. The van der Waals surface area contributed by atoms with E-state index in [0.717, 1.165) is 16.7 Å². The topological polar surface area (TPSA) is 33.1 Å². The number of aromatic hydroxyl groups is 1. The lowest BCUT2D eigenvalue weighted by Gasteiger charge is -2.09. The molecule has 106 valence electrons. The minimum absolute atomic E-state index is 0.108. The first kappa shape index (κ1) is 14.2. The van der Waals surface area contributed by atoms with Gasteiger partial charge in [-0.3, -0.25) is 0 Å². The standard InChI is InChI=1S/C17H13Cl2NO/c1-9-3-10(2)5-11(4-9)17-16(21)8-13-14(19)6-12(18)7-15(13)20-17/h3-8,21H,1-2H3. The number of benzene rings is 2. The molecule has 3 rings (SSSR count). The highest BCUT2D eigenvalue weighted by Crippen LogP contribution is 2.35. The van der Waals surface area contributed by atoms with Crippen molar-refractivity contribution in [3.8, 4) is 17.0 Å². The monoisotopic (exact) mass is 317 g/mol. The van der Waals surface area contributed by atoms with Gasteiger partial charge in [0.25, 0.3) is 0 Å². The van der Waals surface area contributed by atoms with Crippen molar-refractivity contribution in [3.05, 3.63) is 57.6 Å². The first-order valence-electron chi connectivity index (χ1n) is 6.51. The SMILES string of the molecule is Cc1cc(C)cc(-c2nc3cc(Cl)cc(Cl)c3cc2O)c1. The van der Waals surface area contributed by atoms with Crippen molar-refractivity contribution in [3.63, 3.8) is 0 Å². The highest BCUT2D eigenvalue weighted by molar-refractivity contribution is 6.38. The van der Waals surface area contributed by atoms with E-state index >= 15 is 0 Å². The molecule has 0 saturated carbocycles. The number of hydrogen-bond donors (Lipinski definition) is 1. The van der Waals surface area contributed by atoms with E-state index in [1.165, 1.54) is 0 Å².